The summed E-state index contributed by atoms with van der Waals surface area (Å²) >= 11 is 6.28. The van der Waals surface area contributed by atoms with E-state index < -0.39 is 5.56 Å². The van der Waals surface area contributed by atoms with Crippen LogP contribution in [0.3, 0.4) is 0 Å². The van der Waals surface area contributed by atoms with Crippen molar-refractivity contribution in [1.82, 2.24) is 33.8 Å². The third-order valence-corrected chi connectivity index (χ3v) is 7.39. The number of aromatic nitrogens is 6. The Kier molecular flexibility index (Phi) is 5.38. The summed E-state index contributed by atoms with van der Waals surface area (Å²) in [7, 11) is 4.89. The predicted molar refractivity (Wildman–Crippen MR) is 142 cm³/mol. The number of aromatic amines is 1. The first-order chi connectivity index (χ1) is 17.8. The second-order valence-electron chi connectivity index (χ2n) is 9.71. The highest BCUT2D eigenvalue weighted by Gasteiger charge is 2.28. The number of carbonyl (C=O) groups excluding carboxylic acids is 1. The molecule has 37 heavy (non-hydrogen) atoms. The Morgan fingerprint density at radius 2 is 2.00 bits per heavy atom. The van der Waals surface area contributed by atoms with E-state index in [0.717, 1.165) is 33.9 Å². The third-order valence-electron chi connectivity index (χ3n) is 7.15. The Bertz CT molecular complexity index is 1830. The van der Waals surface area contributed by atoms with Crippen molar-refractivity contribution >= 4 is 39.4 Å². The number of amides is 1. The number of aryl methyl sites for hydroxylation is 1. The normalized spacial score (nSPS) is 13.6. The molecule has 0 unspecified atom stereocenters. The van der Waals surface area contributed by atoms with E-state index in [-0.39, 0.29) is 11.6 Å². The molecular formula is C26H26ClN7O3. The number of halogens is 1. The van der Waals surface area contributed by atoms with Crippen molar-refractivity contribution in [2.24, 2.45) is 20.0 Å². The van der Waals surface area contributed by atoms with Crippen LogP contribution >= 0.6 is 11.6 Å². The molecule has 0 atom stereocenters. The standard InChI is InChI=1S/C26H26ClN7O3/c1-28-24(35)15-8-20(31(2)12-15)22-21-23(33(11-14-4-5-14)26(37)32(3)25(21)36)30-34(22)13-16-10-29-19-7-6-17(27)9-18(16)19/h6-10,12,14,29H,4-5,11,13H2,1-3H3,(H,28,35). The van der Waals surface area contributed by atoms with Gasteiger partial charge in [0.25, 0.3) is 11.5 Å². The number of fused-ring (bicyclic) bond motifs is 2. The van der Waals surface area contributed by atoms with Crippen molar-refractivity contribution in [1.29, 1.82) is 0 Å². The molecule has 1 aliphatic rings. The first-order valence-electron chi connectivity index (χ1n) is 12.1. The molecule has 190 valence electrons. The first kappa shape index (κ1) is 23.4. The van der Waals surface area contributed by atoms with Crippen molar-refractivity contribution in [2.45, 2.75) is 25.9 Å². The number of H-pyrrole nitrogens is 1. The Labute approximate surface area is 216 Å². The molecule has 6 rings (SSSR count). The van der Waals surface area contributed by atoms with E-state index in [2.05, 4.69) is 10.3 Å². The van der Waals surface area contributed by atoms with Crippen LogP contribution in [-0.2, 0) is 27.2 Å². The maximum atomic E-state index is 13.6. The van der Waals surface area contributed by atoms with E-state index in [1.807, 2.05) is 31.4 Å². The summed E-state index contributed by atoms with van der Waals surface area (Å²) < 4.78 is 6.32. The summed E-state index contributed by atoms with van der Waals surface area (Å²) in [6.07, 6.45) is 5.71. The molecule has 1 saturated carbocycles. The smallest absolute Gasteiger partial charge is 0.332 e. The van der Waals surface area contributed by atoms with Gasteiger partial charge in [-0.3, -0.25) is 23.4 Å². The quantitative estimate of drug-likeness (QED) is 0.359. The van der Waals surface area contributed by atoms with Gasteiger partial charge in [0.2, 0.25) is 0 Å². The van der Waals surface area contributed by atoms with Gasteiger partial charge in [-0.2, -0.15) is 5.10 Å². The van der Waals surface area contributed by atoms with Gasteiger partial charge in [-0.1, -0.05) is 11.6 Å². The minimum Gasteiger partial charge on any atom is -0.361 e. The van der Waals surface area contributed by atoms with Gasteiger partial charge in [0.05, 0.1) is 17.8 Å². The topological polar surface area (TPSA) is 112 Å². The number of carbonyl (C=O) groups is 1. The lowest BCUT2D eigenvalue weighted by Gasteiger charge is -2.09. The van der Waals surface area contributed by atoms with Crippen LogP contribution in [0.15, 0.2) is 46.2 Å². The van der Waals surface area contributed by atoms with Gasteiger partial charge in [-0.15, -0.1) is 0 Å². The number of nitrogens with one attached hydrogen (secondary N) is 2. The fourth-order valence-electron chi connectivity index (χ4n) is 4.97. The zero-order valence-electron chi connectivity index (χ0n) is 20.7. The molecule has 1 aliphatic carbocycles. The second kappa shape index (κ2) is 8.52. The first-order valence-corrected chi connectivity index (χ1v) is 12.5. The number of benzene rings is 1. The van der Waals surface area contributed by atoms with E-state index in [0.29, 0.717) is 52.0 Å². The summed E-state index contributed by atoms with van der Waals surface area (Å²) in [4.78, 5) is 42.4. The van der Waals surface area contributed by atoms with Gasteiger partial charge in [-0.05, 0) is 48.6 Å². The van der Waals surface area contributed by atoms with E-state index >= 15 is 0 Å². The van der Waals surface area contributed by atoms with Crippen LogP contribution in [0.1, 0.15) is 28.8 Å². The molecule has 4 heterocycles. The molecular weight excluding hydrogens is 494 g/mol. The van der Waals surface area contributed by atoms with Crippen LogP contribution in [0.4, 0.5) is 0 Å². The summed E-state index contributed by atoms with van der Waals surface area (Å²) in [6, 6.07) is 7.37. The Balaban J connectivity index is 1.64. The molecule has 0 spiro atoms. The molecule has 1 fully saturated rings. The van der Waals surface area contributed by atoms with Crippen molar-refractivity contribution in [3.63, 3.8) is 0 Å². The van der Waals surface area contributed by atoms with Crippen LogP contribution in [-0.4, -0.2) is 41.4 Å². The maximum Gasteiger partial charge on any atom is 0.332 e. The van der Waals surface area contributed by atoms with Crippen LogP contribution in [0, 0.1) is 5.92 Å². The molecule has 4 aromatic heterocycles. The monoisotopic (exact) mass is 519 g/mol. The highest BCUT2D eigenvalue weighted by molar-refractivity contribution is 6.31. The van der Waals surface area contributed by atoms with E-state index in [1.165, 1.54) is 7.05 Å². The van der Waals surface area contributed by atoms with Crippen molar-refractivity contribution < 1.29 is 4.79 Å². The molecule has 11 heteroatoms. The van der Waals surface area contributed by atoms with Gasteiger partial charge in [0.1, 0.15) is 11.1 Å². The SMILES string of the molecule is CNC(=O)c1cc(-c2c3c(=O)n(C)c(=O)n(CC4CC4)c3nn2Cc2c[nH]c3ccc(Cl)cc23)n(C)c1. The van der Waals surface area contributed by atoms with E-state index in [1.54, 1.807) is 33.1 Å². The number of hydrogen-bond acceptors (Lipinski definition) is 4. The molecule has 10 nitrogen and oxygen atoms in total. The van der Waals surface area contributed by atoms with Crippen LogP contribution in [0.25, 0.3) is 33.3 Å². The Morgan fingerprint density at radius 3 is 2.73 bits per heavy atom. The lowest BCUT2D eigenvalue weighted by atomic mass is 10.1. The molecule has 1 amide bonds. The molecule has 0 radical (unpaired) electrons. The molecule has 0 saturated heterocycles. The zero-order valence-corrected chi connectivity index (χ0v) is 21.5. The highest BCUT2D eigenvalue weighted by Crippen LogP contribution is 2.33. The van der Waals surface area contributed by atoms with Gasteiger partial charge < -0.3 is 14.9 Å². The molecule has 2 N–H and O–H groups in total. The van der Waals surface area contributed by atoms with Crippen molar-refractivity contribution in [3.8, 4) is 11.4 Å². The molecule has 5 aromatic rings. The molecule has 1 aromatic carbocycles. The average Bonchev–Trinajstić information content (AvgIpc) is 3.33. The lowest BCUT2D eigenvalue weighted by molar-refractivity contribution is 0.0963. The number of hydrogen-bond donors (Lipinski definition) is 2. The number of nitrogens with zero attached hydrogens (tertiary/aromatic N) is 5. The fraction of sp³-hybridized carbons (Fsp3) is 0.308. The average molecular weight is 520 g/mol. The predicted octanol–water partition coefficient (Wildman–Crippen LogP) is 2.85. The summed E-state index contributed by atoms with van der Waals surface area (Å²) in [5, 5.41) is 9.41. The lowest BCUT2D eigenvalue weighted by Crippen LogP contribution is -2.38. The van der Waals surface area contributed by atoms with Crippen LogP contribution < -0.4 is 16.6 Å². The highest BCUT2D eigenvalue weighted by atomic mass is 35.5. The summed E-state index contributed by atoms with van der Waals surface area (Å²) in [5.74, 6) is 0.166. The maximum absolute atomic E-state index is 13.6. The van der Waals surface area contributed by atoms with Crippen LogP contribution in [0.2, 0.25) is 5.02 Å². The minimum absolute atomic E-state index is 0.234. The van der Waals surface area contributed by atoms with Gasteiger partial charge >= 0.3 is 5.69 Å². The van der Waals surface area contributed by atoms with Crippen molar-refractivity contribution in [3.05, 3.63) is 73.6 Å². The van der Waals surface area contributed by atoms with E-state index in [4.69, 9.17) is 16.7 Å². The van der Waals surface area contributed by atoms with Gasteiger partial charge in [-0.25, -0.2) is 4.79 Å². The third kappa shape index (κ3) is 3.79. The molecule has 0 aliphatic heterocycles. The Hall–Kier alpha value is -4.05. The van der Waals surface area contributed by atoms with Gasteiger partial charge in [0, 0.05) is 56.0 Å². The minimum atomic E-state index is -0.419. The summed E-state index contributed by atoms with van der Waals surface area (Å²) in [5.41, 5.74) is 3.08. The summed E-state index contributed by atoms with van der Waals surface area (Å²) in [6.45, 7) is 0.838. The van der Waals surface area contributed by atoms with Crippen LogP contribution in [0.5, 0.6) is 0 Å². The van der Waals surface area contributed by atoms with E-state index in [9.17, 15) is 14.4 Å². The largest absolute Gasteiger partial charge is 0.361 e. The number of rotatable bonds is 6. The zero-order chi connectivity index (χ0) is 26.0. The van der Waals surface area contributed by atoms with Gasteiger partial charge in [0.15, 0.2) is 5.65 Å². The Morgan fingerprint density at radius 1 is 1.22 bits per heavy atom. The van der Waals surface area contributed by atoms with Crippen molar-refractivity contribution in [2.75, 3.05) is 7.05 Å². The fourth-order valence-corrected chi connectivity index (χ4v) is 5.14. The second-order valence-corrected chi connectivity index (χ2v) is 10.1. The molecule has 0 bridgehead atoms.